The van der Waals surface area contributed by atoms with Crippen LogP contribution in [0.1, 0.15) is 20.3 Å². The molecule has 0 unspecified atom stereocenters. The molecule has 0 aliphatic heterocycles. The van der Waals surface area contributed by atoms with E-state index in [1.165, 1.54) is 6.92 Å². The van der Waals surface area contributed by atoms with Crippen LogP contribution in [-0.2, 0) is 9.59 Å². The molecule has 1 aromatic rings. The number of para-hydroxylation sites is 1. The first-order valence-electron chi connectivity index (χ1n) is 5.14. The van der Waals surface area contributed by atoms with Crippen molar-refractivity contribution in [3.63, 3.8) is 0 Å². The zero-order valence-corrected chi connectivity index (χ0v) is 10.3. The average Bonchev–Trinajstić information content (AvgIpc) is 2.20. The largest absolute Gasteiger partial charge is 0.325 e. The molecule has 86 valence electrons. The summed E-state index contributed by atoms with van der Waals surface area (Å²) in [5.41, 5.74) is 0.778. The molecule has 16 heavy (non-hydrogen) atoms. The van der Waals surface area contributed by atoms with Gasteiger partial charge in [-0.3, -0.25) is 9.59 Å². The van der Waals surface area contributed by atoms with Crippen LogP contribution < -0.4 is 5.32 Å². The second kappa shape index (κ2) is 6.33. The van der Waals surface area contributed by atoms with Crippen molar-refractivity contribution in [1.29, 1.82) is 0 Å². The number of rotatable bonds is 5. The second-order valence-electron chi connectivity index (χ2n) is 3.36. The summed E-state index contributed by atoms with van der Waals surface area (Å²) >= 11 is 1.66. The van der Waals surface area contributed by atoms with Gasteiger partial charge in [0.1, 0.15) is 5.78 Å². The first kappa shape index (κ1) is 12.8. The molecule has 0 fully saturated rings. The van der Waals surface area contributed by atoms with E-state index in [4.69, 9.17) is 0 Å². The molecular weight excluding hydrogens is 222 g/mol. The average molecular weight is 237 g/mol. The molecule has 0 heterocycles. The van der Waals surface area contributed by atoms with Crippen LogP contribution in [0.25, 0.3) is 0 Å². The van der Waals surface area contributed by atoms with Crippen LogP contribution in [0.15, 0.2) is 29.2 Å². The topological polar surface area (TPSA) is 46.2 Å². The monoisotopic (exact) mass is 237 g/mol. The SMILES string of the molecule is CCSc1ccccc1NC(=O)CC(C)=O. The third-order valence-corrected chi connectivity index (χ3v) is 2.83. The number of hydrogen-bond donors (Lipinski definition) is 1. The molecule has 1 aromatic carbocycles. The minimum Gasteiger partial charge on any atom is -0.325 e. The summed E-state index contributed by atoms with van der Waals surface area (Å²) < 4.78 is 0. The van der Waals surface area contributed by atoms with Gasteiger partial charge in [0.15, 0.2) is 0 Å². The number of benzene rings is 1. The fourth-order valence-corrected chi connectivity index (χ4v) is 2.03. The highest BCUT2D eigenvalue weighted by atomic mass is 32.2. The van der Waals surface area contributed by atoms with Crippen LogP contribution in [0.4, 0.5) is 5.69 Å². The minimum atomic E-state index is -0.253. The van der Waals surface area contributed by atoms with E-state index in [0.717, 1.165) is 16.3 Å². The molecule has 0 spiro atoms. The fourth-order valence-electron chi connectivity index (χ4n) is 1.27. The summed E-state index contributed by atoms with van der Waals surface area (Å²) in [7, 11) is 0. The number of anilines is 1. The zero-order chi connectivity index (χ0) is 12.0. The molecule has 0 atom stereocenters. The van der Waals surface area contributed by atoms with Crippen LogP contribution in [0, 0.1) is 0 Å². The Hall–Kier alpha value is -1.29. The Kier molecular flexibility index (Phi) is 5.05. The highest BCUT2D eigenvalue weighted by molar-refractivity contribution is 7.99. The molecule has 4 heteroatoms. The van der Waals surface area contributed by atoms with E-state index in [1.54, 1.807) is 11.8 Å². The molecule has 3 nitrogen and oxygen atoms in total. The first-order valence-corrected chi connectivity index (χ1v) is 6.13. The standard InChI is InChI=1S/C12H15NO2S/c1-3-16-11-7-5-4-6-10(11)13-12(15)8-9(2)14/h4-7H,3,8H2,1-2H3,(H,13,15). The van der Waals surface area contributed by atoms with Crippen LogP contribution >= 0.6 is 11.8 Å². The van der Waals surface area contributed by atoms with E-state index in [1.807, 2.05) is 24.3 Å². The van der Waals surface area contributed by atoms with Crippen LogP contribution in [-0.4, -0.2) is 17.4 Å². The molecule has 1 N–H and O–H groups in total. The Balaban J connectivity index is 2.72. The minimum absolute atomic E-state index is 0.0644. The summed E-state index contributed by atoms with van der Waals surface area (Å²) in [6.45, 7) is 3.46. The molecule has 0 aliphatic rings. The van der Waals surface area contributed by atoms with E-state index in [9.17, 15) is 9.59 Å². The molecular formula is C12H15NO2S. The van der Waals surface area contributed by atoms with Crippen molar-refractivity contribution < 1.29 is 9.59 Å². The van der Waals surface area contributed by atoms with E-state index >= 15 is 0 Å². The lowest BCUT2D eigenvalue weighted by molar-refractivity contribution is -0.124. The summed E-state index contributed by atoms with van der Waals surface area (Å²) in [5.74, 6) is 0.564. The van der Waals surface area contributed by atoms with Crippen molar-refractivity contribution in [2.45, 2.75) is 25.2 Å². The number of nitrogens with one attached hydrogen (secondary N) is 1. The Labute approximate surface area is 99.6 Å². The number of carbonyl (C=O) groups excluding carboxylic acids is 2. The number of Topliss-reactive ketones (excluding diaryl/α,β-unsaturated/α-hetero) is 1. The second-order valence-corrected chi connectivity index (χ2v) is 4.66. The van der Waals surface area contributed by atoms with Gasteiger partial charge in [0, 0.05) is 4.90 Å². The lowest BCUT2D eigenvalue weighted by Crippen LogP contribution is -2.15. The van der Waals surface area contributed by atoms with Gasteiger partial charge in [-0.05, 0) is 24.8 Å². The summed E-state index contributed by atoms with van der Waals surface area (Å²) in [5, 5.41) is 2.75. The molecule has 0 radical (unpaired) electrons. The predicted octanol–water partition coefficient (Wildman–Crippen LogP) is 2.72. The van der Waals surface area contributed by atoms with Crippen molar-refractivity contribution >= 4 is 29.1 Å². The first-order chi connectivity index (χ1) is 7.63. The summed E-state index contributed by atoms with van der Waals surface area (Å²) in [6, 6.07) is 7.59. The predicted molar refractivity (Wildman–Crippen MR) is 66.8 cm³/mol. The van der Waals surface area contributed by atoms with E-state index in [2.05, 4.69) is 12.2 Å². The summed E-state index contributed by atoms with van der Waals surface area (Å²) in [6.07, 6.45) is -0.0644. The maximum atomic E-state index is 11.4. The quantitative estimate of drug-likeness (QED) is 0.632. The van der Waals surface area contributed by atoms with Gasteiger partial charge in [-0.15, -0.1) is 11.8 Å². The molecule has 0 bridgehead atoms. The number of thioether (sulfide) groups is 1. The summed E-state index contributed by atoms with van der Waals surface area (Å²) in [4.78, 5) is 23.3. The van der Waals surface area contributed by atoms with Crippen LogP contribution in [0.2, 0.25) is 0 Å². The lowest BCUT2D eigenvalue weighted by atomic mass is 10.2. The molecule has 0 aliphatic carbocycles. The maximum absolute atomic E-state index is 11.4. The Morgan fingerprint density at radius 1 is 1.31 bits per heavy atom. The van der Waals surface area contributed by atoms with E-state index in [-0.39, 0.29) is 18.1 Å². The number of hydrogen-bond acceptors (Lipinski definition) is 3. The van der Waals surface area contributed by atoms with Crippen molar-refractivity contribution in [3.05, 3.63) is 24.3 Å². The molecule has 1 rings (SSSR count). The van der Waals surface area contributed by atoms with E-state index in [0.29, 0.717) is 0 Å². The maximum Gasteiger partial charge on any atom is 0.231 e. The van der Waals surface area contributed by atoms with Crippen molar-refractivity contribution in [3.8, 4) is 0 Å². The van der Waals surface area contributed by atoms with Gasteiger partial charge < -0.3 is 5.32 Å². The van der Waals surface area contributed by atoms with Gasteiger partial charge in [0.2, 0.25) is 5.91 Å². The lowest BCUT2D eigenvalue weighted by Gasteiger charge is -2.08. The highest BCUT2D eigenvalue weighted by Gasteiger charge is 2.08. The van der Waals surface area contributed by atoms with Gasteiger partial charge in [-0.1, -0.05) is 19.1 Å². The Morgan fingerprint density at radius 3 is 2.62 bits per heavy atom. The van der Waals surface area contributed by atoms with Gasteiger partial charge >= 0.3 is 0 Å². The van der Waals surface area contributed by atoms with Crippen LogP contribution in [0.3, 0.4) is 0 Å². The van der Waals surface area contributed by atoms with Crippen molar-refractivity contribution in [1.82, 2.24) is 0 Å². The fraction of sp³-hybridized carbons (Fsp3) is 0.333. The molecule has 0 saturated carbocycles. The third kappa shape index (κ3) is 4.06. The normalized spacial score (nSPS) is 9.88. The van der Waals surface area contributed by atoms with Gasteiger partial charge in [-0.25, -0.2) is 0 Å². The zero-order valence-electron chi connectivity index (χ0n) is 9.45. The third-order valence-electron chi connectivity index (χ3n) is 1.87. The highest BCUT2D eigenvalue weighted by Crippen LogP contribution is 2.26. The van der Waals surface area contributed by atoms with Gasteiger partial charge in [0.05, 0.1) is 12.1 Å². The smallest absolute Gasteiger partial charge is 0.231 e. The van der Waals surface area contributed by atoms with Crippen LogP contribution in [0.5, 0.6) is 0 Å². The van der Waals surface area contributed by atoms with Gasteiger partial charge in [0.25, 0.3) is 0 Å². The number of carbonyl (C=O) groups is 2. The Morgan fingerprint density at radius 2 is 2.00 bits per heavy atom. The molecule has 0 saturated heterocycles. The van der Waals surface area contributed by atoms with Crippen molar-refractivity contribution in [2.24, 2.45) is 0 Å². The van der Waals surface area contributed by atoms with Gasteiger partial charge in [-0.2, -0.15) is 0 Å². The number of ketones is 1. The van der Waals surface area contributed by atoms with E-state index < -0.39 is 0 Å². The van der Waals surface area contributed by atoms with Crippen molar-refractivity contribution in [2.75, 3.05) is 11.1 Å². The molecule has 1 amide bonds. The Bertz CT molecular complexity index is 390. The molecule has 0 aromatic heterocycles. The number of amides is 1.